The Morgan fingerprint density at radius 2 is 1.75 bits per heavy atom. The first-order valence-corrected chi connectivity index (χ1v) is 11.6. The molecule has 2 heterocycles. The first-order chi connectivity index (χ1) is 16.6. The number of carbonyl (C=O) groups excluding carboxylic acids is 2. The van der Waals surface area contributed by atoms with Crippen LogP contribution < -0.4 is 10.6 Å². The van der Waals surface area contributed by atoms with Crippen LogP contribution in [0.15, 0.2) is 18.5 Å². The molecule has 2 N–H and O–H groups in total. The number of nitrogens with one attached hydrogen (secondary N) is 2. The van der Waals surface area contributed by atoms with Gasteiger partial charge in [0.2, 0.25) is 11.8 Å². The summed E-state index contributed by atoms with van der Waals surface area (Å²) in [4.78, 5) is 27.5. The number of alkyl halides is 5. The number of imidazole rings is 1. The minimum atomic E-state index is -4.36. The maximum Gasteiger partial charge on any atom is 0.407 e. The molecule has 0 atom stereocenters. The monoisotopic (exact) mass is 521 g/mol. The third kappa shape index (κ3) is 11.6. The topological polar surface area (TPSA) is 97.6 Å². The molecule has 1 aliphatic rings. The summed E-state index contributed by atoms with van der Waals surface area (Å²) in [6.45, 7) is 5.45. The van der Waals surface area contributed by atoms with E-state index in [1.165, 1.54) is 10.7 Å². The zero-order valence-corrected chi connectivity index (χ0v) is 20.6. The molecule has 36 heavy (non-hydrogen) atoms. The summed E-state index contributed by atoms with van der Waals surface area (Å²) in [5.41, 5.74) is 1.00. The molecule has 2 amide bonds. The zero-order valence-electron chi connectivity index (χ0n) is 20.6. The molecular weight excluding hydrogens is 489 g/mol. The minimum absolute atomic E-state index is 0.0402. The quantitative estimate of drug-likeness (QED) is 0.503. The number of hydrogen-bond donors (Lipinski definition) is 2. The van der Waals surface area contributed by atoms with Crippen LogP contribution in [0.4, 0.5) is 26.7 Å². The molecule has 13 heteroatoms. The van der Waals surface area contributed by atoms with Crippen LogP contribution in [0, 0.1) is 0 Å². The lowest BCUT2D eigenvalue weighted by Gasteiger charge is -2.20. The fourth-order valence-electron chi connectivity index (χ4n) is 3.24. The molecular formula is C23H32F5N5O3. The number of rotatable bonds is 6. The molecule has 0 radical (unpaired) electrons. The number of nitrogens with zero attached hydrogens (tertiary/aromatic N) is 3. The zero-order chi connectivity index (χ0) is 27.0. The Balaban J connectivity index is 0.000000482. The Morgan fingerprint density at radius 3 is 2.31 bits per heavy atom. The molecule has 1 saturated carbocycles. The van der Waals surface area contributed by atoms with E-state index in [9.17, 15) is 31.5 Å². The van der Waals surface area contributed by atoms with E-state index in [1.54, 1.807) is 33.0 Å². The lowest BCUT2D eigenvalue weighted by Crippen LogP contribution is -2.32. The van der Waals surface area contributed by atoms with Crippen LogP contribution in [0.1, 0.15) is 77.0 Å². The van der Waals surface area contributed by atoms with E-state index in [1.807, 2.05) is 0 Å². The Morgan fingerprint density at radius 1 is 1.08 bits per heavy atom. The highest BCUT2D eigenvalue weighted by Crippen LogP contribution is 2.32. The van der Waals surface area contributed by atoms with Gasteiger partial charge in [-0.1, -0.05) is 6.42 Å². The van der Waals surface area contributed by atoms with Gasteiger partial charge in [-0.3, -0.25) is 4.79 Å². The van der Waals surface area contributed by atoms with Crippen LogP contribution in [0.5, 0.6) is 0 Å². The maximum absolute atomic E-state index is 12.2. The fraction of sp³-hybridized carbons (Fsp3) is 0.652. The van der Waals surface area contributed by atoms with E-state index >= 15 is 0 Å². The number of alkyl carbamates (subject to hydrolysis) is 1. The average Bonchev–Trinajstić information content (AvgIpc) is 3.16. The maximum atomic E-state index is 12.2. The molecule has 202 valence electrons. The number of hydrogen-bond acceptors (Lipinski definition) is 5. The molecule has 0 unspecified atom stereocenters. The smallest absolute Gasteiger partial charge is 0.407 e. The van der Waals surface area contributed by atoms with E-state index in [0.29, 0.717) is 29.7 Å². The number of ether oxygens (including phenoxy) is 1. The van der Waals surface area contributed by atoms with Crippen molar-refractivity contribution in [1.82, 2.24) is 25.2 Å². The molecule has 0 aromatic carbocycles. The predicted molar refractivity (Wildman–Crippen MR) is 121 cm³/mol. The van der Waals surface area contributed by atoms with Gasteiger partial charge in [0.15, 0.2) is 5.65 Å². The molecule has 0 aliphatic heterocycles. The van der Waals surface area contributed by atoms with Crippen molar-refractivity contribution < 1.29 is 36.3 Å². The Bertz CT molecular complexity index is 1010. The van der Waals surface area contributed by atoms with Gasteiger partial charge in [0, 0.05) is 25.8 Å². The van der Waals surface area contributed by atoms with Gasteiger partial charge in [0.25, 0.3) is 0 Å². The summed E-state index contributed by atoms with van der Waals surface area (Å²) < 4.78 is 67.4. The SMILES string of the molecule is CC(C)(C)OC(=O)NCc1cn2ncc(CNC(=O)CCC(F)(F)F)cc2n1.FC1(F)CCCCC1. The van der Waals surface area contributed by atoms with Crippen LogP contribution >= 0.6 is 0 Å². The second-order valence-electron chi connectivity index (χ2n) is 9.56. The number of fused-ring (bicyclic) bond motifs is 1. The van der Waals surface area contributed by atoms with Crippen LogP contribution in [0.2, 0.25) is 0 Å². The number of halogens is 5. The standard InChI is InChI=1S/C17H22F3N5O3.C6H10F2/c1-16(2,3)28-15(27)22-9-12-10-25-13(24-12)6-11(8-23-25)7-21-14(26)4-5-17(18,19)20;7-6(8)4-2-1-3-5-6/h6,8,10H,4-5,7,9H2,1-3H3,(H,21,26)(H,22,27);1-5H2. The van der Waals surface area contributed by atoms with Gasteiger partial charge < -0.3 is 15.4 Å². The van der Waals surface area contributed by atoms with Crippen molar-refractivity contribution in [2.24, 2.45) is 0 Å². The molecule has 0 bridgehead atoms. The molecule has 2 aromatic heterocycles. The second-order valence-corrected chi connectivity index (χ2v) is 9.56. The van der Waals surface area contributed by atoms with E-state index in [0.717, 1.165) is 6.42 Å². The Kier molecular flexibility index (Phi) is 10.00. The van der Waals surface area contributed by atoms with Crippen molar-refractivity contribution in [1.29, 1.82) is 0 Å². The van der Waals surface area contributed by atoms with Gasteiger partial charge >= 0.3 is 12.3 Å². The van der Waals surface area contributed by atoms with Crippen LogP contribution in [0.3, 0.4) is 0 Å². The van der Waals surface area contributed by atoms with Crippen molar-refractivity contribution in [2.45, 2.75) is 96.5 Å². The molecule has 0 spiro atoms. The van der Waals surface area contributed by atoms with E-state index < -0.39 is 42.5 Å². The molecule has 1 fully saturated rings. The summed E-state index contributed by atoms with van der Waals surface area (Å²) in [6.07, 6.45) is -0.956. The number of amides is 2. The van der Waals surface area contributed by atoms with E-state index in [4.69, 9.17) is 4.74 Å². The third-order valence-corrected chi connectivity index (χ3v) is 4.95. The highest BCUT2D eigenvalue weighted by Gasteiger charge is 2.30. The lowest BCUT2D eigenvalue weighted by atomic mass is 9.97. The Labute approximate surface area is 206 Å². The van der Waals surface area contributed by atoms with Crippen LogP contribution in [-0.2, 0) is 22.6 Å². The molecule has 8 nitrogen and oxygen atoms in total. The van der Waals surface area contributed by atoms with Crippen molar-refractivity contribution >= 4 is 17.6 Å². The first-order valence-electron chi connectivity index (χ1n) is 11.6. The summed E-state index contributed by atoms with van der Waals surface area (Å²) in [7, 11) is 0. The first kappa shape index (κ1) is 29.2. The Hall–Kier alpha value is -2.99. The van der Waals surface area contributed by atoms with Crippen LogP contribution in [0.25, 0.3) is 5.65 Å². The lowest BCUT2D eigenvalue weighted by molar-refractivity contribution is -0.144. The van der Waals surface area contributed by atoms with Crippen molar-refractivity contribution in [3.63, 3.8) is 0 Å². The predicted octanol–water partition coefficient (Wildman–Crippen LogP) is 5.30. The largest absolute Gasteiger partial charge is 0.444 e. The van der Waals surface area contributed by atoms with Gasteiger partial charge in [-0.25, -0.2) is 23.1 Å². The third-order valence-electron chi connectivity index (χ3n) is 4.95. The summed E-state index contributed by atoms with van der Waals surface area (Å²) in [5, 5.41) is 9.13. The van der Waals surface area contributed by atoms with E-state index in [2.05, 4.69) is 20.7 Å². The fourth-order valence-corrected chi connectivity index (χ4v) is 3.24. The van der Waals surface area contributed by atoms with Crippen molar-refractivity contribution in [3.8, 4) is 0 Å². The summed E-state index contributed by atoms with van der Waals surface area (Å²) >= 11 is 0. The normalized spacial score (nSPS) is 15.6. The van der Waals surface area contributed by atoms with Crippen molar-refractivity contribution in [3.05, 3.63) is 29.7 Å². The van der Waals surface area contributed by atoms with E-state index in [-0.39, 0.29) is 25.9 Å². The average molecular weight is 522 g/mol. The summed E-state index contributed by atoms with van der Waals surface area (Å²) in [5.74, 6) is -3.01. The second kappa shape index (κ2) is 12.3. The van der Waals surface area contributed by atoms with Crippen LogP contribution in [-0.4, -0.2) is 44.3 Å². The molecule has 2 aromatic rings. The number of aromatic nitrogens is 3. The van der Waals surface area contributed by atoms with Gasteiger partial charge in [-0.15, -0.1) is 0 Å². The number of carbonyl (C=O) groups is 2. The van der Waals surface area contributed by atoms with Gasteiger partial charge in [-0.2, -0.15) is 18.3 Å². The highest BCUT2D eigenvalue weighted by atomic mass is 19.4. The molecule has 3 rings (SSSR count). The molecule has 1 aliphatic carbocycles. The minimum Gasteiger partial charge on any atom is -0.444 e. The van der Waals surface area contributed by atoms with Gasteiger partial charge in [-0.05, 0) is 45.2 Å². The van der Waals surface area contributed by atoms with Gasteiger partial charge in [0.1, 0.15) is 5.60 Å². The van der Waals surface area contributed by atoms with Gasteiger partial charge in [0.05, 0.1) is 31.1 Å². The molecule has 0 saturated heterocycles. The summed E-state index contributed by atoms with van der Waals surface area (Å²) in [6, 6.07) is 1.65. The van der Waals surface area contributed by atoms with Crippen molar-refractivity contribution in [2.75, 3.05) is 0 Å². The highest BCUT2D eigenvalue weighted by molar-refractivity contribution is 5.75.